The summed E-state index contributed by atoms with van der Waals surface area (Å²) in [6.45, 7) is 0.934. The van der Waals surface area contributed by atoms with E-state index in [9.17, 15) is 36.2 Å². The fourth-order valence-corrected chi connectivity index (χ4v) is 1.85. The Kier molecular flexibility index (Phi) is 4.76. The van der Waals surface area contributed by atoms with Crippen molar-refractivity contribution in [3.8, 4) is 5.75 Å². The Bertz CT molecular complexity index is 569. The van der Waals surface area contributed by atoms with E-state index < -0.39 is 45.5 Å². The molecule has 0 atom stereocenters. The van der Waals surface area contributed by atoms with Crippen molar-refractivity contribution < 1.29 is 41.0 Å². The lowest BCUT2D eigenvalue weighted by Gasteiger charge is -2.17. The summed E-state index contributed by atoms with van der Waals surface area (Å²) in [5.41, 5.74) is -5.65. The molecule has 1 aromatic heterocycles. The van der Waals surface area contributed by atoms with Crippen LogP contribution in [0.1, 0.15) is 28.7 Å². The van der Waals surface area contributed by atoms with Crippen LogP contribution in [0.5, 0.6) is 5.75 Å². The summed E-state index contributed by atoms with van der Waals surface area (Å²) in [4.78, 5) is 13.8. The summed E-state index contributed by atoms with van der Waals surface area (Å²) < 4.78 is 79.2. The molecule has 0 bridgehead atoms. The molecule has 1 N–H and O–H groups in total. The first-order valence-electron chi connectivity index (χ1n) is 5.15. The highest BCUT2D eigenvalue weighted by molar-refractivity contribution is 9.10. The Balaban J connectivity index is 3.72. The van der Waals surface area contributed by atoms with E-state index in [1.54, 1.807) is 0 Å². The van der Waals surface area contributed by atoms with Crippen molar-refractivity contribution in [3.63, 3.8) is 0 Å². The van der Waals surface area contributed by atoms with Crippen molar-refractivity contribution in [2.45, 2.75) is 19.3 Å². The largest absolute Gasteiger partial charge is 0.506 e. The van der Waals surface area contributed by atoms with E-state index in [-0.39, 0.29) is 6.61 Å². The number of esters is 1. The van der Waals surface area contributed by atoms with Gasteiger partial charge in [-0.2, -0.15) is 26.3 Å². The van der Waals surface area contributed by atoms with Crippen LogP contribution < -0.4 is 0 Å². The number of rotatable bonds is 2. The third kappa shape index (κ3) is 3.57. The Labute approximate surface area is 121 Å². The minimum Gasteiger partial charge on any atom is -0.506 e. The molecule has 4 nitrogen and oxygen atoms in total. The number of hydrogen-bond donors (Lipinski definition) is 1. The van der Waals surface area contributed by atoms with Crippen LogP contribution in [0.15, 0.2) is 4.47 Å². The van der Waals surface area contributed by atoms with Crippen LogP contribution in [0, 0.1) is 0 Å². The maximum atomic E-state index is 12.8. The number of ether oxygens (including phenoxy) is 1. The number of carbonyl (C=O) groups excluding carboxylic acids is 1. The Morgan fingerprint density at radius 2 is 1.67 bits per heavy atom. The monoisotopic (exact) mass is 381 g/mol. The van der Waals surface area contributed by atoms with Gasteiger partial charge >= 0.3 is 18.3 Å². The van der Waals surface area contributed by atoms with Gasteiger partial charge in [-0.25, -0.2) is 9.78 Å². The Morgan fingerprint density at radius 3 is 2.05 bits per heavy atom. The SMILES string of the molecule is CCOC(=O)c1c(C(F)(F)F)nc(C(F)(F)F)c(Br)c1O. The lowest BCUT2D eigenvalue weighted by molar-refractivity contribution is -0.151. The van der Waals surface area contributed by atoms with Crippen LogP contribution in [-0.2, 0) is 17.1 Å². The lowest BCUT2D eigenvalue weighted by atomic mass is 10.1. The summed E-state index contributed by atoms with van der Waals surface area (Å²) in [6, 6.07) is 0. The van der Waals surface area contributed by atoms with Gasteiger partial charge in [-0.05, 0) is 22.9 Å². The highest BCUT2D eigenvalue weighted by Gasteiger charge is 2.45. The molecule has 0 saturated carbocycles. The van der Waals surface area contributed by atoms with Crippen molar-refractivity contribution in [1.82, 2.24) is 4.98 Å². The topological polar surface area (TPSA) is 59.4 Å². The van der Waals surface area contributed by atoms with E-state index in [1.165, 1.54) is 6.92 Å². The molecule has 0 amide bonds. The van der Waals surface area contributed by atoms with Gasteiger partial charge in [0.2, 0.25) is 0 Å². The molecule has 0 saturated heterocycles. The zero-order valence-electron chi connectivity index (χ0n) is 10.1. The van der Waals surface area contributed by atoms with Gasteiger partial charge in [0.05, 0.1) is 11.1 Å². The minimum atomic E-state index is -5.39. The first kappa shape index (κ1) is 17.5. The van der Waals surface area contributed by atoms with Gasteiger partial charge in [-0.15, -0.1) is 0 Å². The molecule has 0 aromatic carbocycles. The van der Waals surface area contributed by atoms with Crippen LogP contribution in [0.25, 0.3) is 0 Å². The molecule has 0 aliphatic heterocycles. The van der Waals surface area contributed by atoms with Crippen molar-refractivity contribution >= 4 is 21.9 Å². The molecular formula is C10H6BrF6NO3. The van der Waals surface area contributed by atoms with Crippen LogP contribution in [0.3, 0.4) is 0 Å². The summed E-state index contributed by atoms with van der Waals surface area (Å²) in [6.07, 6.45) is -10.6. The van der Waals surface area contributed by atoms with Crippen molar-refractivity contribution in [3.05, 3.63) is 21.4 Å². The molecule has 0 aliphatic carbocycles. The fourth-order valence-electron chi connectivity index (χ4n) is 1.34. The van der Waals surface area contributed by atoms with E-state index in [4.69, 9.17) is 0 Å². The predicted molar refractivity (Wildman–Crippen MR) is 59.6 cm³/mol. The highest BCUT2D eigenvalue weighted by Crippen LogP contribution is 2.44. The standard InChI is InChI=1S/C10H6BrF6NO3/c1-2-21-8(20)3-5(19)4(11)7(10(15,16)17)18-6(3)9(12,13)14/h2H2,1H3,(H,18,19). The second kappa shape index (κ2) is 5.70. The smallest absolute Gasteiger partial charge is 0.434 e. The molecule has 1 rings (SSSR count). The summed E-state index contributed by atoms with van der Waals surface area (Å²) >= 11 is 2.28. The molecule has 11 heteroatoms. The van der Waals surface area contributed by atoms with Gasteiger partial charge < -0.3 is 9.84 Å². The zero-order chi connectivity index (χ0) is 16.6. The molecule has 0 radical (unpaired) electrons. The fraction of sp³-hybridized carbons (Fsp3) is 0.400. The number of carbonyl (C=O) groups is 1. The van der Waals surface area contributed by atoms with Gasteiger partial charge in [0, 0.05) is 0 Å². The third-order valence-corrected chi connectivity index (χ3v) is 2.88. The van der Waals surface area contributed by atoms with Gasteiger partial charge in [-0.1, -0.05) is 0 Å². The second-order valence-corrected chi connectivity index (χ2v) is 4.36. The van der Waals surface area contributed by atoms with E-state index >= 15 is 0 Å². The third-order valence-electron chi connectivity index (χ3n) is 2.13. The van der Waals surface area contributed by atoms with E-state index in [0.717, 1.165) is 0 Å². The number of aromatic nitrogens is 1. The molecular weight excluding hydrogens is 376 g/mol. The number of hydrogen-bond acceptors (Lipinski definition) is 4. The first-order valence-corrected chi connectivity index (χ1v) is 5.94. The molecule has 1 aromatic rings. The second-order valence-electron chi connectivity index (χ2n) is 3.56. The summed E-state index contributed by atoms with van der Waals surface area (Å²) in [5, 5.41) is 9.50. The Hall–Kier alpha value is -1.52. The van der Waals surface area contributed by atoms with E-state index in [2.05, 4.69) is 25.7 Å². The number of halogens is 7. The zero-order valence-corrected chi connectivity index (χ0v) is 11.6. The molecule has 1 heterocycles. The predicted octanol–water partition coefficient (Wildman–Crippen LogP) is 3.76. The van der Waals surface area contributed by atoms with Crippen molar-refractivity contribution in [1.29, 1.82) is 0 Å². The summed E-state index contributed by atoms with van der Waals surface area (Å²) in [7, 11) is 0. The van der Waals surface area contributed by atoms with Gasteiger partial charge in [0.1, 0.15) is 11.3 Å². The molecule has 21 heavy (non-hydrogen) atoms. The number of alkyl halides is 6. The van der Waals surface area contributed by atoms with E-state index in [1.807, 2.05) is 0 Å². The first-order chi connectivity index (χ1) is 9.41. The van der Waals surface area contributed by atoms with Crippen LogP contribution in [0.4, 0.5) is 26.3 Å². The van der Waals surface area contributed by atoms with Gasteiger partial charge in [0.25, 0.3) is 0 Å². The van der Waals surface area contributed by atoms with Crippen molar-refractivity contribution in [2.75, 3.05) is 6.61 Å². The average Bonchev–Trinajstić information content (AvgIpc) is 2.29. The maximum Gasteiger partial charge on any atom is 0.434 e. The number of nitrogens with zero attached hydrogens (tertiary/aromatic N) is 1. The highest BCUT2D eigenvalue weighted by atomic mass is 79.9. The molecule has 0 spiro atoms. The number of pyridine rings is 1. The van der Waals surface area contributed by atoms with Crippen LogP contribution in [-0.4, -0.2) is 22.7 Å². The molecule has 0 fully saturated rings. The van der Waals surface area contributed by atoms with Crippen LogP contribution >= 0.6 is 15.9 Å². The average molecular weight is 382 g/mol. The maximum absolute atomic E-state index is 12.8. The van der Waals surface area contributed by atoms with Crippen molar-refractivity contribution in [2.24, 2.45) is 0 Å². The summed E-state index contributed by atoms with van der Waals surface area (Å²) in [5.74, 6) is -3.17. The quantitative estimate of drug-likeness (QED) is 0.625. The van der Waals surface area contributed by atoms with E-state index in [0.29, 0.717) is 0 Å². The number of aromatic hydroxyl groups is 1. The van der Waals surface area contributed by atoms with Gasteiger partial charge in [0.15, 0.2) is 11.4 Å². The van der Waals surface area contributed by atoms with Crippen LogP contribution in [0.2, 0.25) is 0 Å². The molecule has 0 aliphatic rings. The lowest BCUT2D eigenvalue weighted by Crippen LogP contribution is -2.21. The minimum absolute atomic E-state index is 0.339. The van der Waals surface area contributed by atoms with Gasteiger partial charge in [-0.3, -0.25) is 0 Å². The molecule has 0 unspecified atom stereocenters. The normalized spacial score (nSPS) is 12.4. The molecule has 118 valence electrons. The Morgan fingerprint density at radius 1 is 1.19 bits per heavy atom.